The zero-order valence-electron chi connectivity index (χ0n) is 45.8. The molecule has 1 aliphatic heterocycles. The first-order chi connectivity index (χ1) is 37.0. The lowest BCUT2D eigenvalue weighted by Crippen LogP contribution is -2.69. The smallest absolute Gasteiger partial charge is 0.320 e. The first-order valence-corrected chi connectivity index (χ1v) is 27.9. The largest absolute Gasteiger partial charge is 0.481 e. The van der Waals surface area contributed by atoms with E-state index in [1.165, 1.54) is 29.7 Å². The molecule has 1 heterocycles. The molecule has 5 fully saturated rings. The van der Waals surface area contributed by atoms with Crippen molar-refractivity contribution >= 4 is 41.1 Å². The number of hydrogen-bond acceptors (Lipinski definition) is 14. The maximum Gasteiger partial charge on any atom is 0.320 e. The van der Waals surface area contributed by atoms with Crippen molar-refractivity contribution in [3.8, 4) is 0 Å². The zero-order chi connectivity index (χ0) is 57.5. The second-order valence-corrected chi connectivity index (χ2v) is 23.0. The molecule has 0 radical (unpaired) electrons. The number of aliphatic hydroxyl groups excluding tert-OH is 3. The summed E-state index contributed by atoms with van der Waals surface area (Å²) in [6.45, 7) is 11.6. The quantitative estimate of drug-likeness (QED) is 0.0546. The number of benzene rings is 2. The van der Waals surface area contributed by atoms with Gasteiger partial charge in [-0.05, 0) is 117 Å². The maximum absolute atomic E-state index is 16.9. The van der Waals surface area contributed by atoms with E-state index in [1.807, 2.05) is 12.1 Å². The molecule has 2 aromatic rings. The van der Waals surface area contributed by atoms with E-state index in [1.54, 1.807) is 26.8 Å². The van der Waals surface area contributed by atoms with Crippen LogP contribution < -0.4 is 22.9 Å². The average Bonchev–Trinajstić information content (AvgIpc) is 3.67. The van der Waals surface area contributed by atoms with Gasteiger partial charge < -0.3 is 58.3 Å². The molecule has 0 spiro atoms. The molecule has 0 amide bonds. The van der Waals surface area contributed by atoms with Crippen molar-refractivity contribution in [3.05, 3.63) is 94.5 Å². The summed E-state index contributed by atoms with van der Waals surface area (Å²) in [5.74, 6) is -3.81. The lowest BCUT2D eigenvalue weighted by Gasteiger charge is -2.62. The number of nitrogens with two attached hydrogens (primary N) is 4. The number of carbonyl (C=O) groups is 4. The number of fused-ring (bicyclic) bond motifs is 5. The van der Waals surface area contributed by atoms with E-state index in [-0.39, 0.29) is 48.6 Å². The molecule has 10 atom stereocenters. The Morgan fingerprint density at radius 2 is 1.58 bits per heavy atom. The second-order valence-electron chi connectivity index (χ2n) is 22.6. The van der Waals surface area contributed by atoms with E-state index in [2.05, 4.69) is 57.3 Å². The van der Waals surface area contributed by atoms with E-state index in [9.17, 15) is 34.5 Å². The number of guanidine groups is 1. The van der Waals surface area contributed by atoms with Crippen molar-refractivity contribution in [2.75, 3.05) is 72.2 Å². The van der Waals surface area contributed by atoms with Crippen LogP contribution in [-0.2, 0) is 23.9 Å². The second kappa shape index (κ2) is 28.7. The Morgan fingerprint density at radius 1 is 0.936 bits per heavy atom. The summed E-state index contributed by atoms with van der Waals surface area (Å²) in [6.07, 6.45) is 11.2. The number of carboxylic acids is 2. The van der Waals surface area contributed by atoms with E-state index in [0.29, 0.717) is 64.0 Å². The number of nitrogens with zero attached hydrogens (tertiary/aromatic N) is 3. The summed E-state index contributed by atoms with van der Waals surface area (Å²) in [6, 6.07) is 18.3. The number of allylic oxidation sites excluding steroid dienone is 4. The summed E-state index contributed by atoms with van der Waals surface area (Å²) in [5.41, 5.74) is 18.3. The van der Waals surface area contributed by atoms with Crippen LogP contribution >= 0.6 is 11.6 Å². The normalized spacial score (nSPS) is 29.9. The minimum Gasteiger partial charge on any atom is -0.481 e. The average molecular weight is 1110 g/mol. The molecule has 5 aliphatic carbocycles. The Kier molecular flexibility index (Phi) is 23.6. The lowest BCUT2D eigenvalue weighted by atomic mass is 9.44. The molecule has 78 heavy (non-hydrogen) atoms. The van der Waals surface area contributed by atoms with Gasteiger partial charge in [-0.25, -0.2) is 4.39 Å². The van der Waals surface area contributed by atoms with Gasteiger partial charge in [-0.15, -0.1) is 0 Å². The number of carboxylic acid groups (broad SMARTS) is 2. The van der Waals surface area contributed by atoms with E-state index >= 15 is 4.39 Å². The summed E-state index contributed by atoms with van der Waals surface area (Å²) >= 11 is 6.09. The van der Waals surface area contributed by atoms with Crippen LogP contribution in [0.4, 0.5) is 4.39 Å². The van der Waals surface area contributed by atoms with Crippen molar-refractivity contribution in [2.45, 2.75) is 127 Å². The first kappa shape index (κ1) is 64.2. The molecule has 0 aromatic heterocycles. The molecule has 0 bridgehead atoms. The molecular formula is C58H87ClFN7O11. The Hall–Kier alpha value is -4.67. The fourth-order valence-corrected chi connectivity index (χ4v) is 13.6. The van der Waals surface area contributed by atoms with E-state index in [4.69, 9.17) is 54.6 Å². The number of ether oxygens (including phenoxy) is 1. The molecule has 6 aliphatic rings. The highest BCUT2D eigenvalue weighted by atomic mass is 35.5. The van der Waals surface area contributed by atoms with Crippen molar-refractivity contribution in [3.63, 3.8) is 0 Å². The number of Topliss-reactive ketones (excluding diaryl/α,β-unsaturated/α-hetero) is 1. The van der Waals surface area contributed by atoms with Crippen LogP contribution in [0.5, 0.6) is 0 Å². The minimum absolute atomic E-state index is 0.0129. The third-order valence-corrected chi connectivity index (χ3v) is 18.1. The van der Waals surface area contributed by atoms with Crippen molar-refractivity contribution in [2.24, 2.45) is 61.9 Å². The van der Waals surface area contributed by atoms with Gasteiger partial charge in [0.05, 0.1) is 38.4 Å². The third kappa shape index (κ3) is 14.8. The fraction of sp³-hybridized carbons (Fsp3) is 0.638. The molecule has 2 aromatic carbocycles. The summed E-state index contributed by atoms with van der Waals surface area (Å²) in [4.78, 5) is 53.8. The maximum atomic E-state index is 16.9. The van der Waals surface area contributed by atoms with Crippen LogP contribution in [0.25, 0.3) is 0 Å². The highest BCUT2D eigenvalue weighted by Gasteiger charge is 2.75. The number of hydrogen-bond donors (Lipinski definition) is 10. The van der Waals surface area contributed by atoms with Gasteiger partial charge in [-0.1, -0.05) is 98.8 Å². The number of ketones is 2. The Labute approximate surface area is 464 Å². The van der Waals surface area contributed by atoms with E-state index < -0.39 is 70.4 Å². The predicted molar refractivity (Wildman–Crippen MR) is 298 cm³/mol. The Morgan fingerprint density at radius 3 is 2.15 bits per heavy atom. The van der Waals surface area contributed by atoms with Gasteiger partial charge in [0.1, 0.15) is 18.2 Å². The van der Waals surface area contributed by atoms with Gasteiger partial charge in [0.25, 0.3) is 0 Å². The molecular weight excluding hydrogens is 1030 g/mol. The summed E-state index contributed by atoms with van der Waals surface area (Å²) in [7, 11) is 0. The van der Waals surface area contributed by atoms with Crippen molar-refractivity contribution in [1.82, 2.24) is 9.80 Å². The predicted octanol–water partition coefficient (Wildman–Crippen LogP) is 4.77. The zero-order valence-corrected chi connectivity index (χ0v) is 46.5. The van der Waals surface area contributed by atoms with Gasteiger partial charge >= 0.3 is 11.9 Å². The molecule has 14 N–H and O–H groups in total. The van der Waals surface area contributed by atoms with E-state index in [0.717, 1.165) is 63.4 Å². The van der Waals surface area contributed by atoms with Crippen LogP contribution in [0.1, 0.15) is 115 Å². The van der Waals surface area contributed by atoms with Gasteiger partial charge in [-0.2, -0.15) is 0 Å². The van der Waals surface area contributed by atoms with Crippen LogP contribution in [-0.4, -0.2) is 166 Å². The molecule has 8 rings (SSSR count). The van der Waals surface area contributed by atoms with Gasteiger partial charge in [0, 0.05) is 61.0 Å². The number of aliphatic imine (C=N–C) groups is 1. The Bertz CT molecular complexity index is 2380. The van der Waals surface area contributed by atoms with Crippen LogP contribution in [0.2, 0.25) is 5.02 Å². The third-order valence-electron chi connectivity index (χ3n) is 17.8. The first-order valence-electron chi connectivity index (χ1n) is 27.6. The number of alkyl halides is 1. The molecule has 434 valence electrons. The van der Waals surface area contributed by atoms with Gasteiger partial charge in [0.15, 0.2) is 23.2 Å². The van der Waals surface area contributed by atoms with Crippen molar-refractivity contribution in [1.29, 1.82) is 0 Å². The summed E-state index contributed by atoms with van der Waals surface area (Å²) in [5, 5.41) is 58.6. The van der Waals surface area contributed by atoms with Gasteiger partial charge in [-0.3, -0.25) is 34.0 Å². The topological polar surface area (TPSA) is 322 Å². The number of aliphatic carboxylic acids is 2. The fourth-order valence-electron chi connectivity index (χ4n) is 13.5. The SMILES string of the molecule is C[C@@H]1C[C@H]2[C@@H]3CCC4=CC(=O)C=C[C@]4(C)[C@@]3(F)[C@@H](O)C[C@]2(C)[C@@]1(O)C(=O)CO.NC(N)=NCCC[C@H](N)C(=O)O.NCC1(CC(=O)O)CCCCC1.OCCOCCN1CCN(C(c2ccccc2)c2ccc(Cl)cc2)CC1. The highest BCUT2D eigenvalue weighted by Crippen LogP contribution is 2.70. The monoisotopic (exact) mass is 1110 g/mol. The number of halogens is 2. The number of aliphatic hydroxyl groups is 4. The molecule has 20 heteroatoms. The molecule has 1 saturated heterocycles. The van der Waals surface area contributed by atoms with Crippen molar-refractivity contribution < 1.29 is 58.9 Å². The standard InChI is InChI=1S/C22H29FO5.C21H27ClN2O2.C9H17NO2.C6H14N4O2/c1-12-8-16-15-5-4-13-9-14(25)6-7-19(13,2)21(15,23)17(26)10-20(16,3)22(12,28)18(27)11-24;22-20-8-6-19(7-9-20)21(18-4-2-1-3-5-18)24-12-10-23(11-13-24)14-16-26-17-15-25;10-7-9(6-8(11)12)4-2-1-3-5-9;7-4(5(11)12)2-1-3-10-6(8)9/h6-7,9,12,15-17,24,26,28H,4-5,8,10-11H2,1-3H3;1-9,21,25H,10-17H2;1-7,10H2,(H,11,12);4H,1-3,7H2,(H,11,12)(H4,8,9,10)/t12-,15+,16+,17+,19+,20+,21+,22+;;;4-/m1..0/s1. The lowest BCUT2D eigenvalue weighted by molar-refractivity contribution is -0.219. The van der Waals surface area contributed by atoms with Crippen LogP contribution in [0.15, 0.2) is 83.4 Å². The number of piperazine rings is 1. The molecule has 4 saturated carbocycles. The Balaban J connectivity index is 0.000000206. The highest BCUT2D eigenvalue weighted by molar-refractivity contribution is 6.30. The van der Waals surface area contributed by atoms with Crippen LogP contribution in [0, 0.1) is 34.0 Å². The van der Waals surface area contributed by atoms with Gasteiger partial charge in [0.2, 0.25) is 0 Å². The number of rotatable bonds is 18. The number of carbonyl (C=O) groups excluding carboxylic acids is 2. The van der Waals surface area contributed by atoms with Crippen LogP contribution in [0.3, 0.4) is 0 Å². The molecule has 18 nitrogen and oxygen atoms in total. The minimum atomic E-state index is -1.98. The molecule has 1 unspecified atom stereocenters. The summed E-state index contributed by atoms with van der Waals surface area (Å²) < 4.78 is 22.3.